The number of alkyl halides is 3. The molecule has 1 amide bonds. The van der Waals surface area contributed by atoms with Crippen molar-refractivity contribution < 1.29 is 22.5 Å². The third-order valence-corrected chi connectivity index (χ3v) is 4.41. The lowest BCUT2D eigenvalue weighted by Crippen LogP contribution is -2.32. The topological polar surface area (TPSA) is 71.3 Å². The van der Waals surface area contributed by atoms with E-state index in [1.165, 1.54) is 6.07 Å². The van der Waals surface area contributed by atoms with E-state index in [4.69, 9.17) is 16.1 Å². The summed E-state index contributed by atoms with van der Waals surface area (Å²) in [6.45, 7) is 7.55. The number of carbonyl (C=O) groups is 1. The normalized spacial score (nSPS) is 13.6. The van der Waals surface area contributed by atoms with Crippen LogP contribution in [0.25, 0.3) is 0 Å². The van der Waals surface area contributed by atoms with Gasteiger partial charge in [-0.05, 0) is 32.2 Å². The fourth-order valence-electron chi connectivity index (χ4n) is 2.28. The second-order valence-electron chi connectivity index (χ2n) is 7.54. The predicted octanol–water partition coefficient (Wildman–Crippen LogP) is 4.67. The zero-order valence-corrected chi connectivity index (χ0v) is 16.9. The summed E-state index contributed by atoms with van der Waals surface area (Å²) in [5.41, 5.74) is -1.27. The minimum atomic E-state index is -4.61. The molecule has 1 heterocycles. The fourth-order valence-corrected chi connectivity index (χ4v) is 2.51. The number of hydrogen-bond acceptors (Lipinski definition) is 5. The van der Waals surface area contributed by atoms with Crippen molar-refractivity contribution in [3.8, 4) is 0 Å². The summed E-state index contributed by atoms with van der Waals surface area (Å²) in [4.78, 5) is 18.2. The van der Waals surface area contributed by atoms with Crippen molar-refractivity contribution in [3.63, 3.8) is 0 Å². The first kappa shape index (κ1) is 22.2. The molecule has 0 unspecified atom stereocenters. The molecule has 2 aromatic rings. The number of aromatic nitrogens is 2. The maximum Gasteiger partial charge on any atom is 0.417 e. The number of nitrogens with one attached hydrogen (secondary N) is 1. The molecule has 154 valence electrons. The monoisotopic (exact) mass is 418 g/mol. The van der Waals surface area contributed by atoms with Crippen LogP contribution in [0.1, 0.15) is 51.0 Å². The van der Waals surface area contributed by atoms with Crippen LogP contribution >= 0.6 is 11.6 Å². The van der Waals surface area contributed by atoms with Crippen molar-refractivity contribution in [2.75, 3.05) is 18.9 Å². The first-order chi connectivity index (χ1) is 12.8. The van der Waals surface area contributed by atoms with E-state index < -0.39 is 22.7 Å². The molecule has 0 aliphatic carbocycles. The van der Waals surface area contributed by atoms with Gasteiger partial charge >= 0.3 is 6.18 Å². The minimum absolute atomic E-state index is 0.00980. The summed E-state index contributed by atoms with van der Waals surface area (Å²) in [6, 6.07) is 2.85. The Morgan fingerprint density at radius 3 is 2.50 bits per heavy atom. The lowest BCUT2D eigenvalue weighted by molar-refractivity contribution is -0.137. The number of anilines is 1. The molecule has 0 radical (unpaired) electrons. The molecule has 0 saturated carbocycles. The van der Waals surface area contributed by atoms with Gasteiger partial charge in [-0.1, -0.05) is 37.5 Å². The van der Waals surface area contributed by atoms with Crippen LogP contribution in [-0.4, -0.2) is 34.5 Å². The summed E-state index contributed by atoms with van der Waals surface area (Å²) < 4.78 is 44.0. The number of benzene rings is 1. The number of carbonyl (C=O) groups excluding carboxylic acids is 1. The SMILES string of the molecule is C[C@H](c1nc(C(C)(C)C)no1)N(C)CC(=O)Nc1ccc(Cl)c(C(F)(F)F)c1. The molecule has 0 saturated heterocycles. The van der Waals surface area contributed by atoms with Crippen LogP contribution in [0.15, 0.2) is 22.7 Å². The van der Waals surface area contributed by atoms with Gasteiger partial charge in [-0.2, -0.15) is 18.2 Å². The van der Waals surface area contributed by atoms with E-state index in [9.17, 15) is 18.0 Å². The molecule has 2 rings (SSSR count). The third kappa shape index (κ3) is 5.45. The van der Waals surface area contributed by atoms with E-state index in [0.717, 1.165) is 12.1 Å². The quantitative estimate of drug-likeness (QED) is 0.763. The van der Waals surface area contributed by atoms with Crippen molar-refractivity contribution in [1.29, 1.82) is 0 Å². The van der Waals surface area contributed by atoms with E-state index in [0.29, 0.717) is 11.7 Å². The maximum atomic E-state index is 12.9. The van der Waals surface area contributed by atoms with Crippen LogP contribution in [0, 0.1) is 0 Å². The fraction of sp³-hybridized carbons (Fsp3) is 0.500. The van der Waals surface area contributed by atoms with Gasteiger partial charge in [0, 0.05) is 11.1 Å². The number of amides is 1. The summed E-state index contributed by atoms with van der Waals surface area (Å²) in [7, 11) is 1.67. The number of likely N-dealkylation sites (N-methyl/N-ethyl adjacent to an activating group) is 1. The van der Waals surface area contributed by atoms with Gasteiger partial charge in [0.15, 0.2) is 5.82 Å². The molecular weight excluding hydrogens is 397 g/mol. The standard InChI is InChI=1S/C18H22ClF3N4O2/c1-10(15-24-16(25-28-15)17(2,3)4)26(5)9-14(27)23-11-6-7-13(19)12(8-11)18(20,21)22/h6-8,10H,9H2,1-5H3,(H,23,27)/t10-/m1/s1. The van der Waals surface area contributed by atoms with E-state index in [-0.39, 0.29) is 23.7 Å². The molecule has 1 N–H and O–H groups in total. The van der Waals surface area contributed by atoms with Gasteiger partial charge in [0.2, 0.25) is 11.8 Å². The Bertz CT molecular complexity index is 846. The van der Waals surface area contributed by atoms with Gasteiger partial charge in [0.25, 0.3) is 0 Å². The summed E-state index contributed by atoms with van der Waals surface area (Å²) in [5.74, 6) is 0.416. The molecule has 0 fully saturated rings. The van der Waals surface area contributed by atoms with Crippen molar-refractivity contribution >= 4 is 23.2 Å². The Morgan fingerprint density at radius 1 is 1.32 bits per heavy atom. The van der Waals surface area contributed by atoms with E-state index >= 15 is 0 Å². The molecule has 1 aromatic heterocycles. The van der Waals surface area contributed by atoms with E-state index in [1.54, 1.807) is 18.9 Å². The highest BCUT2D eigenvalue weighted by Gasteiger charge is 2.33. The van der Waals surface area contributed by atoms with Gasteiger partial charge in [-0.3, -0.25) is 9.69 Å². The van der Waals surface area contributed by atoms with Crippen LogP contribution in [-0.2, 0) is 16.4 Å². The molecule has 0 bridgehead atoms. The molecule has 28 heavy (non-hydrogen) atoms. The van der Waals surface area contributed by atoms with Crippen LogP contribution in [0.4, 0.5) is 18.9 Å². The number of nitrogens with zero attached hydrogens (tertiary/aromatic N) is 3. The molecule has 0 spiro atoms. The first-order valence-corrected chi connectivity index (χ1v) is 8.87. The number of rotatable bonds is 5. The van der Waals surface area contributed by atoms with Crippen molar-refractivity contribution in [2.45, 2.75) is 45.3 Å². The Hall–Kier alpha value is -2.13. The van der Waals surface area contributed by atoms with Crippen LogP contribution < -0.4 is 5.32 Å². The second-order valence-corrected chi connectivity index (χ2v) is 7.95. The molecular formula is C18H22ClF3N4O2. The van der Waals surface area contributed by atoms with E-state index in [1.807, 2.05) is 20.8 Å². The Kier molecular flexibility index (Phi) is 6.40. The summed E-state index contributed by atoms with van der Waals surface area (Å²) >= 11 is 5.58. The highest BCUT2D eigenvalue weighted by molar-refractivity contribution is 6.31. The molecule has 1 atom stereocenters. The van der Waals surface area contributed by atoms with Crippen molar-refractivity contribution in [1.82, 2.24) is 15.0 Å². The van der Waals surface area contributed by atoms with Crippen molar-refractivity contribution in [2.24, 2.45) is 0 Å². The average molecular weight is 419 g/mol. The molecule has 0 aliphatic heterocycles. The highest BCUT2D eigenvalue weighted by atomic mass is 35.5. The predicted molar refractivity (Wildman–Crippen MR) is 99.1 cm³/mol. The Labute approximate surface area is 166 Å². The summed E-state index contributed by atoms with van der Waals surface area (Å²) in [5, 5.41) is 5.96. The molecule has 1 aromatic carbocycles. The van der Waals surface area contributed by atoms with Gasteiger partial charge in [-0.25, -0.2) is 0 Å². The third-order valence-electron chi connectivity index (χ3n) is 4.08. The molecule has 6 nitrogen and oxygen atoms in total. The molecule has 10 heteroatoms. The van der Waals surface area contributed by atoms with Gasteiger partial charge in [0.1, 0.15) is 0 Å². The summed E-state index contributed by atoms with van der Waals surface area (Å²) in [6.07, 6.45) is -4.61. The zero-order chi connectivity index (χ0) is 21.3. The smallest absolute Gasteiger partial charge is 0.338 e. The maximum absolute atomic E-state index is 12.9. The van der Waals surface area contributed by atoms with Crippen LogP contribution in [0.3, 0.4) is 0 Å². The highest BCUT2D eigenvalue weighted by Crippen LogP contribution is 2.36. The van der Waals surface area contributed by atoms with Crippen molar-refractivity contribution in [3.05, 3.63) is 40.5 Å². The van der Waals surface area contributed by atoms with Gasteiger partial charge < -0.3 is 9.84 Å². The Morgan fingerprint density at radius 2 is 1.96 bits per heavy atom. The first-order valence-electron chi connectivity index (χ1n) is 8.50. The molecule has 0 aliphatic rings. The zero-order valence-electron chi connectivity index (χ0n) is 16.2. The Balaban J connectivity index is 2.04. The number of hydrogen-bond donors (Lipinski definition) is 1. The van der Waals surface area contributed by atoms with Crippen LogP contribution in [0.5, 0.6) is 0 Å². The van der Waals surface area contributed by atoms with E-state index in [2.05, 4.69) is 15.5 Å². The largest absolute Gasteiger partial charge is 0.417 e. The van der Waals surface area contributed by atoms with Gasteiger partial charge in [0.05, 0.1) is 23.2 Å². The van der Waals surface area contributed by atoms with Gasteiger partial charge in [-0.15, -0.1) is 0 Å². The lowest BCUT2D eigenvalue weighted by Gasteiger charge is -2.21. The second kappa shape index (κ2) is 8.08. The lowest BCUT2D eigenvalue weighted by atomic mass is 9.96. The minimum Gasteiger partial charge on any atom is -0.338 e. The van der Waals surface area contributed by atoms with Crippen LogP contribution in [0.2, 0.25) is 5.02 Å². The number of halogens is 4. The average Bonchev–Trinajstić information content (AvgIpc) is 3.05.